The number of nitrogens with one attached hydrogen (secondary N) is 1. The fraction of sp³-hybridized carbons (Fsp3) is 0.556. The van der Waals surface area contributed by atoms with Crippen molar-refractivity contribution in [1.29, 1.82) is 0 Å². The van der Waals surface area contributed by atoms with Gasteiger partial charge < -0.3 is 14.8 Å². The summed E-state index contributed by atoms with van der Waals surface area (Å²) in [4.78, 5) is 24.3. The average molecular weight is 319 g/mol. The van der Waals surface area contributed by atoms with Crippen molar-refractivity contribution in [3.63, 3.8) is 0 Å². The molecule has 1 heterocycles. The van der Waals surface area contributed by atoms with Gasteiger partial charge in [-0.05, 0) is 37.3 Å². The van der Waals surface area contributed by atoms with E-state index < -0.39 is 0 Å². The Morgan fingerprint density at radius 2 is 2.00 bits per heavy atom. The monoisotopic (exact) mass is 319 g/mol. The topological polar surface area (TPSA) is 64.6 Å². The Labute approximate surface area is 137 Å². The summed E-state index contributed by atoms with van der Waals surface area (Å²) in [6.07, 6.45) is 4.09. The van der Waals surface area contributed by atoms with Gasteiger partial charge in [0.2, 0.25) is 5.91 Å². The lowest BCUT2D eigenvalue weighted by molar-refractivity contribution is -0.117. The van der Waals surface area contributed by atoms with Crippen LogP contribution in [0.25, 0.3) is 0 Å². The van der Waals surface area contributed by atoms with Crippen LogP contribution < -0.4 is 5.32 Å². The first-order valence-electron chi connectivity index (χ1n) is 8.34. The first-order valence-corrected chi connectivity index (χ1v) is 8.34. The number of hydrogen-bond donors (Lipinski definition) is 1. The van der Waals surface area contributed by atoms with Crippen LogP contribution in [0.3, 0.4) is 0 Å². The van der Waals surface area contributed by atoms with Gasteiger partial charge in [-0.2, -0.15) is 0 Å². The van der Waals surface area contributed by atoms with Crippen molar-refractivity contribution < 1.29 is 19.1 Å². The van der Waals surface area contributed by atoms with E-state index in [1.807, 2.05) is 6.92 Å². The molecule has 1 aliphatic heterocycles. The van der Waals surface area contributed by atoms with Crippen molar-refractivity contribution in [2.45, 2.75) is 39.0 Å². The molecular formula is C18H25NO4. The Kier molecular flexibility index (Phi) is 7.07. The summed E-state index contributed by atoms with van der Waals surface area (Å²) in [5.74, 6) is -0.0986. The van der Waals surface area contributed by atoms with Crippen molar-refractivity contribution >= 4 is 17.6 Å². The zero-order valence-corrected chi connectivity index (χ0v) is 13.7. The molecule has 0 aromatic heterocycles. The molecular weight excluding hydrogens is 294 g/mol. The molecule has 1 aromatic carbocycles. The summed E-state index contributed by atoms with van der Waals surface area (Å²) < 4.78 is 10.5. The van der Waals surface area contributed by atoms with Crippen molar-refractivity contribution in [2.75, 3.05) is 25.1 Å². The normalized spacial score (nSPS) is 15.2. The van der Waals surface area contributed by atoms with Gasteiger partial charge >= 0.3 is 5.97 Å². The second kappa shape index (κ2) is 9.30. The van der Waals surface area contributed by atoms with Crippen LogP contribution in [-0.2, 0) is 14.3 Å². The number of hydrogen-bond acceptors (Lipinski definition) is 4. The molecule has 1 N–H and O–H groups in total. The molecule has 0 radical (unpaired) electrons. The van der Waals surface area contributed by atoms with Gasteiger partial charge in [-0.3, -0.25) is 4.79 Å². The summed E-state index contributed by atoms with van der Waals surface area (Å²) in [7, 11) is 0. The van der Waals surface area contributed by atoms with E-state index in [-0.39, 0.29) is 11.9 Å². The molecule has 0 atom stereocenters. The van der Waals surface area contributed by atoms with Crippen molar-refractivity contribution in [3.05, 3.63) is 29.8 Å². The van der Waals surface area contributed by atoms with Gasteiger partial charge in [-0.1, -0.05) is 25.5 Å². The lowest BCUT2D eigenvalue weighted by Crippen LogP contribution is -2.23. The number of esters is 1. The molecule has 5 nitrogen and oxygen atoms in total. The molecule has 5 heteroatoms. The largest absolute Gasteiger partial charge is 0.462 e. The minimum atomic E-state index is -0.389. The van der Waals surface area contributed by atoms with Gasteiger partial charge in [0.15, 0.2) is 0 Å². The van der Waals surface area contributed by atoms with Crippen LogP contribution >= 0.6 is 0 Å². The zero-order chi connectivity index (χ0) is 16.5. The summed E-state index contributed by atoms with van der Waals surface area (Å²) in [6.45, 7) is 3.88. The molecule has 0 spiro atoms. The lowest BCUT2D eigenvalue weighted by Gasteiger charge is -2.21. The molecule has 0 aliphatic carbocycles. The zero-order valence-electron chi connectivity index (χ0n) is 13.7. The van der Waals surface area contributed by atoms with Gasteiger partial charge in [0.1, 0.15) is 0 Å². The molecule has 1 amide bonds. The number of carbonyl (C=O) groups is 2. The fourth-order valence-electron chi connectivity index (χ4n) is 2.57. The molecule has 1 saturated heterocycles. The molecule has 23 heavy (non-hydrogen) atoms. The smallest absolute Gasteiger partial charge is 0.340 e. The van der Waals surface area contributed by atoms with E-state index in [1.165, 1.54) is 0 Å². The number of ether oxygens (including phenoxy) is 2. The fourth-order valence-corrected chi connectivity index (χ4v) is 2.57. The van der Waals surface area contributed by atoms with E-state index >= 15 is 0 Å². The van der Waals surface area contributed by atoms with Crippen LogP contribution in [0.5, 0.6) is 0 Å². The van der Waals surface area contributed by atoms with Crippen LogP contribution in [0, 0.1) is 5.92 Å². The summed E-state index contributed by atoms with van der Waals surface area (Å²) in [5.41, 5.74) is 0.926. The second-order valence-corrected chi connectivity index (χ2v) is 5.84. The van der Waals surface area contributed by atoms with Gasteiger partial charge in [0.05, 0.1) is 17.9 Å². The standard InChI is InChI=1S/C18H25NO4/c1-2-3-10-23-18(21)15-6-4-5-7-16(15)19-17(20)13-14-8-11-22-12-9-14/h4-7,14H,2-3,8-13H2,1H3,(H,19,20). The maximum absolute atomic E-state index is 12.2. The molecule has 2 rings (SSSR count). The number of carbonyl (C=O) groups excluding carboxylic acids is 2. The van der Waals surface area contributed by atoms with Gasteiger partial charge in [0.25, 0.3) is 0 Å². The third-order valence-electron chi connectivity index (χ3n) is 3.97. The Hall–Kier alpha value is -1.88. The van der Waals surface area contributed by atoms with Gasteiger partial charge in [-0.15, -0.1) is 0 Å². The maximum Gasteiger partial charge on any atom is 0.340 e. The van der Waals surface area contributed by atoms with E-state index in [4.69, 9.17) is 9.47 Å². The van der Waals surface area contributed by atoms with Crippen LogP contribution in [0.1, 0.15) is 49.4 Å². The highest BCUT2D eigenvalue weighted by molar-refractivity contribution is 6.01. The molecule has 1 aliphatic rings. The molecule has 0 bridgehead atoms. The highest BCUT2D eigenvalue weighted by Gasteiger charge is 2.19. The van der Waals surface area contributed by atoms with Gasteiger partial charge in [-0.25, -0.2) is 4.79 Å². The number of para-hydroxylation sites is 1. The number of amides is 1. The molecule has 1 aromatic rings. The second-order valence-electron chi connectivity index (χ2n) is 5.84. The summed E-state index contributed by atoms with van der Waals surface area (Å²) in [6, 6.07) is 6.98. The highest BCUT2D eigenvalue weighted by Crippen LogP contribution is 2.21. The Balaban J connectivity index is 1.93. The van der Waals surface area contributed by atoms with E-state index in [2.05, 4.69) is 5.32 Å². The van der Waals surface area contributed by atoms with Crippen molar-refractivity contribution in [2.24, 2.45) is 5.92 Å². The van der Waals surface area contributed by atoms with Crippen molar-refractivity contribution in [1.82, 2.24) is 0 Å². The SMILES string of the molecule is CCCCOC(=O)c1ccccc1NC(=O)CC1CCOCC1. The van der Waals surface area contributed by atoms with E-state index in [1.54, 1.807) is 24.3 Å². The summed E-state index contributed by atoms with van der Waals surface area (Å²) in [5, 5.41) is 2.85. The van der Waals surface area contributed by atoms with Crippen LogP contribution in [0.4, 0.5) is 5.69 Å². The minimum Gasteiger partial charge on any atom is -0.462 e. The number of unbranched alkanes of at least 4 members (excludes halogenated alkanes) is 1. The van der Waals surface area contributed by atoms with E-state index in [0.29, 0.717) is 30.2 Å². The third kappa shape index (κ3) is 5.67. The van der Waals surface area contributed by atoms with E-state index in [9.17, 15) is 9.59 Å². The predicted octanol–water partition coefficient (Wildman–Crippen LogP) is 3.40. The van der Waals surface area contributed by atoms with Gasteiger partial charge in [0, 0.05) is 19.6 Å². The predicted molar refractivity (Wildman–Crippen MR) is 88.4 cm³/mol. The Bertz CT molecular complexity index is 524. The average Bonchev–Trinajstić information content (AvgIpc) is 2.56. The number of rotatable bonds is 7. The Morgan fingerprint density at radius 1 is 1.26 bits per heavy atom. The molecule has 1 fully saturated rings. The first-order chi connectivity index (χ1) is 11.2. The minimum absolute atomic E-state index is 0.0642. The van der Waals surface area contributed by atoms with Crippen LogP contribution in [0.2, 0.25) is 0 Å². The van der Waals surface area contributed by atoms with Crippen molar-refractivity contribution in [3.8, 4) is 0 Å². The molecule has 0 unspecified atom stereocenters. The molecule has 126 valence electrons. The highest BCUT2D eigenvalue weighted by atomic mass is 16.5. The van der Waals surface area contributed by atoms with Crippen LogP contribution in [0.15, 0.2) is 24.3 Å². The first kappa shape index (κ1) is 17.5. The van der Waals surface area contributed by atoms with Crippen LogP contribution in [-0.4, -0.2) is 31.7 Å². The number of benzene rings is 1. The quantitative estimate of drug-likeness (QED) is 0.618. The summed E-state index contributed by atoms with van der Waals surface area (Å²) >= 11 is 0. The lowest BCUT2D eigenvalue weighted by atomic mass is 9.96. The van der Waals surface area contributed by atoms with E-state index in [0.717, 1.165) is 38.9 Å². The number of anilines is 1. The maximum atomic E-state index is 12.2. The molecule has 0 saturated carbocycles. The Morgan fingerprint density at radius 3 is 2.74 bits per heavy atom. The third-order valence-corrected chi connectivity index (χ3v) is 3.97.